The molecule has 1 unspecified atom stereocenters. The van der Waals surface area contributed by atoms with Crippen LogP contribution in [-0.2, 0) is 22.1 Å². The van der Waals surface area contributed by atoms with Gasteiger partial charge < -0.3 is 14.2 Å². The highest BCUT2D eigenvalue weighted by atomic mass is 32.1. The van der Waals surface area contributed by atoms with Gasteiger partial charge >= 0.3 is 12.1 Å². The van der Waals surface area contributed by atoms with Crippen LogP contribution in [-0.4, -0.2) is 25.8 Å². The smallest absolute Gasteiger partial charge is 0.416 e. The molecule has 1 heterocycles. The number of hydrogen-bond acceptors (Lipinski definition) is 5. The average Bonchev–Trinajstić information content (AvgIpc) is 3.23. The normalized spacial score (nSPS) is 12.5. The molecule has 0 saturated heterocycles. The van der Waals surface area contributed by atoms with Crippen LogP contribution in [0.1, 0.15) is 73.9 Å². The van der Waals surface area contributed by atoms with Gasteiger partial charge in [0.1, 0.15) is 11.5 Å². The molecule has 0 spiro atoms. The first-order valence-electron chi connectivity index (χ1n) is 12.8. The van der Waals surface area contributed by atoms with Gasteiger partial charge in [-0.3, -0.25) is 0 Å². The van der Waals surface area contributed by atoms with Crippen LogP contribution in [0, 0.1) is 6.92 Å². The zero-order valence-corrected chi connectivity index (χ0v) is 22.7. The molecule has 0 aliphatic heterocycles. The van der Waals surface area contributed by atoms with Gasteiger partial charge in [0.25, 0.3) is 0 Å². The van der Waals surface area contributed by atoms with Gasteiger partial charge in [0.2, 0.25) is 0 Å². The summed E-state index contributed by atoms with van der Waals surface area (Å²) in [4.78, 5) is 12.7. The van der Waals surface area contributed by atoms with E-state index in [2.05, 4.69) is 6.92 Å². The van der Waals surface area contributed by atoms with Crippen LogP contribution < -0.4 is 9.47 Å². The molecule has 0 fully saturated rings. The zero-order valence-electron chi connectivity index (χ0n) is 21.9. The Morgan fingerprint density at radius 2 is 1.81 bits per heavy atom. The predicted octanol–water partition coefficient (Wildman–Crippen LogP) is 8.48. The highest BCUT2D eigenvalue weighted by Crippen LogP contribution is 2.42. The average molecular weight is 537 g/mol. The molecule has 3 rings (SSSR count). The first kappa shape index (κ1) is 28.8. The van der Waals surface area contributed by atoms with Crippen LogP contribution in [0.5, 0.6) is 11.5 Å². The third kappa shape index (κ3) is 7.63. The highest BCUT2D eigenvalue weighted by molar-refractivity contribution is 7.19. The Kier molecular flexibility index (Phi) is 10.3. The van der Waals surface area contributed by atoms with E-state index in [1.165, 1.54) is 17.0 Å². The molecule has 1 aromatic heterocycles. The van der Waals surface area contributed by atoms with Gasteiger partial charge in [0.05, 0.1) is 18.8 Å². The number of halogens is 3. The van der Waals surface area contributed by atoms with Crippen molar-refractivity contribution in [2.45, 2.75) is 71.9 Å². The number of carbonyl (C=O) groups excluding carboxylic acids is 1. The van der Waals surface area contributed by atoms with Crippen molar-refractivity contribution in [3.63, 3.8) is 0 Å². The maximum absolute atomic E-state index is 13.3. The first-order chi connectivity index (χ1) is 17.7. The largest absolute Gasteiger partial charge is 0.494 e. The molecule has 202 valence electrons. The van der Waals surface area contributed by atoms with Crippen molar-refractivity contribution in [2.75, 3.05) is 19.8 Å². The molecule has 0 aliphatic carbocycles. The molecule has 0 bridgehead atoms. The third-order valence-electron chi connectivity index (χ3n) is 6.31. The van der Waals surface area contributed by atoms with Crippen molar-refractivity contribution in [1.82, 2.24) is 0 Å². The monoisotopic (exact) mass is 536 g/mol. The summed E-state index contributed by atoms with van der Waals surface area (Å²) in [6, 6.07) is 9.54. The van der Waals surface area contributed by atoms with E-state index < -0.39 is 17.7 Å². The van der Waals surface area contributed by atoms with E-state index in [0.29, 0.717) is 36.5 Å². The van der Waals surface area contributed by atoms with E-state index in [9.17, 15) is 18.0 Å². The molecular weight excluding hydrogens is 501 g/mol. The third-order valence-corrected chi connectivity index (χ3v) is 7.69. The van der Waals surface area contributed by atoms with E-state index in [4.69, 9.17) is 14.2 Å². The van der Waals surface area contributed by atoms with E-state index in [0.717, 1.165) is 41.5 Å². The second-order valence-electron chi connectivity index (χ2n) is 9.00. The maximum Gasteiger partial charge on any atom is 0.416 e. The Balaban J connectivity index is 1.72. The van der Waals surface area contributed by atoms with Gasteiger partial charge in [-0.05, 0) is 91.9 Å². The fourth-order valence-electron chi connectivity index (χ4n) is 4.43. The molecule has 37 heavy (non-hydrogen) atoms. The maximum atomic E-state index is 13.3. The van der Waals surface area contributed by atoms with Gasteiger partial charge in [-0.1, -0.05) is 26.7 Å². The minimum atomic E-state index is -4.35. The van der Waals surface area contributed by atoms with Gasteiger partial charge in [0.15, 0.2) is 6.61 Å². The van der Waals surface area contributed by atoms with E-state index >= 15 is 0 Å². The molecule has 0 aliphatic rings. The van der Waals surface area contributed by atoms with Crippen LogP contribution in [0.2, 0.25) is 0 Å². The minimum Gasteiger partial charge on any atom is -0.494 e. The fraction of sp³-hybridized carbons (Fsp3) is 0.483. The standard InChI is InChI=1S/C29H35F3O4S/c1-5-8-9-20(28-23(6-2)24-17-21(29(30,31)32)10-13-26(24)37-28)14-15-35-22-11-12-25(19(4)16-22)36-18-27(33)34-7-3/h10-13,16-17,20H,5-9,14-15,18H2,1-4H3. The molecule has 0 amide bonds. The van der Waals surface area contributed by atoms with Crippen LogP contribution in [0.15, 0.2) is 36.4 Å². The summed E-state index contributed by atoms with van der Waals surface area (Å²) >= 11 is 1.61. The number of alkyl halides is 3. The second kappa shape index (κ2) is 13.2. The van der Waals surface area contributed by atoms with Crippen LogP contribution >= 0.6 is 11.3 Å². The van der Waals surface area contributed by atoms with Crippen molar-refractivity contribution in [2.24, 2.45) is 0 Å². The van der Waals surface area contributed by atoms with Gasteiger partial charge in [-0.25, -0.2) is 4.79 Å². The predicted molar refractivity (Wildman–Crippen MR) is 142 cm³/mol. The van der Waals surface area contributed by atoms with Crippen molar-refractivity contribution >= 4 is 27.4 Å². The van der Waals surface area contributed by atoms with Crippen molar-refractivity contribution in [3.05, 3.63) is 58.0 Å². The summed E-state index contributed by atoms with van der Waals surface area (Å²) in [5, 5.41) is 0.716. The summed E-state index contributed by atoms with van der Waals surface area (Å²) in [5.41, 5.74) is 1.27. The molecule has 1 atom stereocenters. The number of thiophene rings is 1. The number of benzene rings is 2. The first-order valence-corrected chi connectivity index (χ1v) is 13.6. The molecule has 4 nitrogen and oxygen atoms in total. The zero-order chi connectivity index (χ0) is 27.0. The Bertz CT molecular complexity index is 1190. The topological polar surface area (TPSA) is 44.8 Å². The van der Waals surface area contributed by atoms with E-state index in [-0.39, 0.29) is 12.5 Å². The summed E-state index contributed by atoms with van der Waals surface area (Å²) in [6.07, 6.45) is 0.161. The lowest BCUT2D eigenvalue weighted by molar-refractivity contribution is -0.145. The Morgan fingerprint density at radius 3 is 2.46 bits per heavy atom. The van der Waals surface area contributed by atoms with Gasteiger partial charge in [-0.15, -0.1) is 11.3 Å². The van der Waals surface area contributed by atoms with Gasteiger partial charge in [-0.2, -0.15) is 13.2 Å². The van der Waals surface area contributed by atoms with Crippen molar-refractivity contribution in [1.29, 1.82) is 0 Å². The molecular formula is C29H35F3O4S. The number of esters is 1. The van der Waals surface area contributed by atoms with E-state index in [1.54, 1.807) is 30.4 Å². The molecule has 8 heteroatoms. The summed E-state index contributed by atoms with van der Waals surface area (Å²) < 4.78 is 57.4. The van der Waals surface area contributed by atoms with E-state index in [1.807, 2.05) is 26.0 Å². The molecule has 0 saturated carbocycles. The number of fused-ring (bicyclic) bond motifs is 1. The Hall–Kier alpha value is -2.74. The number of hydrogen-bond donors (Lipinski definition) is 0. The summed E-state index contributed by atoms with van der Waals surface area (Å²) in [6.45, 7) is 8.43. The second-order valence-corrected chi connectivity index (χ2v) is 10.1. The number of unbranched alkanes of at least 4 members (excludes halogenated alkanes) is 1. The summed E-state index contributed by atoms with van der Waals surface area (Å²) in [7, 11) is 0. The number of rotatable bonds is 13. The van der Waals surface area contributed by atoms with Crippen molar-refractivity contribution < 1.29 is 32.2 Å². The fourth-order valence-corrected chi connectivity index (χ4v) is 5.87. The highest BCUT2D eigenvalue weighted by Gasteiger charge is 2.31. The van der Waals surface area contributed by atoms with Crippen LogP contribution in [0.25, 0.3) is 10.1 Å². The van der Waals surface area contributed by atoms with Crippen molar-refractivity contribution in [3.8, 4) is 11.5 Å². The lowest BCUT2D eigenvalue weighted by atomic mass is 9.92. The lowest BCUT2D eigenvalue weighted by Gasteiger charge is -2.18. The van der Waals surface area contributed by atoms with Gasteiger partial charge in [0, 0.05) is 9.58 Å². The quantitative estimate of drug-likeness (QED) is 0.206. The summed E-state index contributed by atoms with van der Waals surface area (Å²) in [5.74, 6) is 1.10. The molecule has 0 radical (unpaired) electrons. The Morgan fingerprint density at radius 1 is 1.03 bits per heavy atom. The number of ether oxygens (including phenoxy) is 3. The van der Waals surface area contributed by atoms with Crippen LogP contribution in [0.3, 0.4) is 0 Å². The molecule has 3 aromatic rings. The SMILES string of the molecule is CCCCC(CCOc1ccc(OCC(=O)OCC)c(C)c1)c1sc2ccc(C(F)(F)F)cc2c1CC. The Labute approximate surface area is 220 Å². The van der Waals surface area contributed by atoms with Crippen LogP contribution in [0.4, 0.5) is 13.2 Å². The lowest BCUT2D eigenvalue weighted by Crippen LogP contribution is -2.15. The minimum absolute atomic E-state index is 0.145. The number of carbonyl (C=O) groups is 1. The molecule has 0 N–H and O–H groups in total. The molecule has 2 aromatic carbocycles. The number of aryl methyl sites for hydroxylation is 2.